The molecule has 120 valence electrons. The van der Waals surface area contributed by atoms with Crippen LogP contribution < -0.4 is 10.2 Å². The number of hydrogen-bond donors (Lipinski definition) is 1. The smallest absolute Gasteiger partial charge is 0.312 e. The molecule has 2 amide bonds. The lowest BCUT2D eigenvalue weighted by atomic mass is 10.2. The van der Waals surface area contributed by atoms with Gasteiger partial charge in [-0.2, -0.15) is 0 Å². The van der Waals surface area contributed by atoms with Crippen LogP contribution in [0.2, 0.25) is 0 Å². The van der Waals surface area contributed by atoms with Crippen molar-refractivity contribution in [1.82, 2.24) is 10.2 Å². The first-order chi connectivity index (χ1) is 11.2. The molecule has 0 aliphatic carbocycles. The zero-order chi connectivity index (χ0) is 16.1. The number of nitrogens with one attached hydrogen (secondary N) is 1. The number of piperazine rings is 1. The molecule has 6 heteroatoms. The highest BCUT2D eigenvalue weighted by atomic mass is 32.1. The zero-order valence-electron chi connectivity index (χ0n) is 12.8. The van der Waals surface area contributed by atoms with Crippen molar-refractivity contribution in [2.24, 2.45) is 0 Å². The van der Waals surface area contributed by atoms with Gasteiger partial charge in [-0.25, -0.2) is 0 Å². The molecular formula is C17H19N3O2S. The number of para-hydroxylation sites is 1. The number of hydrogen-bond acceptors (Lipinski definition) is 4. The SMILES string of the molecule is O=C(NCc1cccs1)C(=O)N1CCN(c2ccccc2)CC1. The molecule has 1 aromatic carbocycles. The van der Waals surface area contributed by atoms with E-state index in [1.165, 1.54) is 0 Å². The van der Waals surface area contributed by atoms with Gasteiger partial charge in [-0.15, -0.1) is 11.3 Å². The van der Waals surface area contributed by atoms with Crippen LogP contribution in [0.15, 0.2) is 47.8 Å². The van der Waals surface area contributed by atoms with E-state index in [4.69, 9.17) is 0 Å². The molecule has 0 radical (unpaired) electrons. The van der Waals surface area contributed by atoms with E-state index >= 15 is 0 Å². The Kier molecular flexibility index (Phi) is 4.92. The van der Waals surface area contributed by atoms with Crippen LogP contribution in [0.5, 0.6) is 0 Å². The van der Waals surface area contributed by atoms with Crippen LogP contribution in [-0.2, 0) is 16.1 Å². The maximum absolute atomic E-state index is 12.2. The molecule has 0 spiro atoms. The lowest BCUT2D eigenvalue weighted by Gasteiger charge is -2.35. The second-order valence-electron chi connectivity index (χ2n) is 5.38. The van der Waals surface area contributed by atoms with Gasteiger partial charge in [0.25, 0.3) is 0 Å². The first kappa shape index (κ1) is 15.6. The van der Waals surface area contributed by atoms with Crippen molar-refractivity contribution in [3.63, 3.8) is 0 Å². The Morgan fingerprint density at radius 3 is 2.39 bits per heavy atom. The fraction of sp³-hybridized carbons (Fsp3) is 0.294. The number of benzene rings is 1. The number of amides is 2. The molecule has 2 aromatic rings. The summed E-state index contributed by atoms with van der Waals surface area (Å²) >= 11 is 1.56. The predicted molar refractivity (Wildman–Crippen MR) is 91.4 cm³/mol. The van der Waals surface area contributed by atoms with E-state index in [0.717, 1.165) is 23.7 Å². The van der Waals surface area contributed by atoms with Gasteiger partial charge in [-0.3, -0.25) is 9.59 Å². The zero-order valence-corrected chi connectivity index (χ0v) is 13.6. The maximum atomic E-state index is 12.2. The lowest BCUT2D eigenvalue weighted by molar-refractivity contribution is -0.146. The average Bonchev–Trinajstić information content (AvgIpc) is 3.13. The molecule has 1 aromatic heterocycles. The summed E-state index contributed by atoms with van der Waals surface area (Å²) in [5.41, 5.74) is 1.15. The van der Waals surface area contributed by atoms with Crippen LogP contribution in [0, 0.1) is 0 Å². The Hall–Kier alpha value is -2.34. The Balaban J connectivity index is 1.49. The highest BCUT2D eigenvalue weighted by molar-refractivity contribution is 7.09. The lowest BCUT2D eigenvalue weighted by Crippen LogP contribution is -2.52. The number of thiophene rings is 1. The topological polar surface area (TPSA) is 52.7 Å². The highest BCUT2D eigenvalue weighted by Gasteiger charge is 2.25. The second-order valence-corrected chi connectivity index (χ2v) is 6.41. The van der Waals surface area contributed by atoms with E-state index < -0.39 is 11.8 Å². The summed E-state index contributed by atoms with van der Waals surface area (Å²) in [5, 5.41) is 4.64. The van der Waals surface area contributed by atoms with Crippen LogP contribution in [0.25, 0.3) is 0 Å². The van der Waals surface area contributed by atoms with Gasteiger partial charge in [0.15, 0.2) is 0 Å². The Morgan fingerprint density at radius 2 is 1.74 bits per heavy atom. The van der Waals surface area contributed by atoms with Gasteiger partial charge < -0.3 is 15.1 Å². The molecule has 3 rings (SSSR count). The predicted octanol–water partition coefficient (Wildman–Crippen LogP) is 1.71. The molecule has 5 nitrogen and oxygen atoms in total. The van der Waals surface area contributed by atoms with E-state index in [1.807, 2.05) is 35.7 Å². The van der Waals surface area contributed by atoms with Crippen molar-refractivity contribution >= 4 is 28.8 Å². The van der Waals surface area contributed by atoms with Gasteiger partial charge in [-0.05, 0) is 23.6 Å². The van der Waals surface area contributed by atoms with Gasteiger partial charge in [0.1, 0.15) is 0 Å². The molecule has 0 atom stereocenters. The standard InChI is InChI=1S/C17H19N3O2S/c21-16(18-13-15-7-4-12-23-15)17(22)20-10-8-19(9-11-20)14-5-2-1-3-6-14/h1-7,12H,8-11,13H2,(H,18,21). The van der Waals surface area contributed by atoms with E-state index in [2.05, 4.69) is 22.3 Å². The molecule has 0 unspecified atom stereocenters. The molecule has 0 bridgehead atoms. The molecule has 1 aliphatic rings. The summed E-state index contributed by atoms with van der Waals surface area (Å²) < 4.78 is 0. The van der Waals surface area contributed by atoms with Crippen molar-refractivity contribution < 1.29 is 9.59 Å². The summed E-state index contributed by atoms with van der Waals surface area (Å²) in [7, 11) is 0. The quantitative estimate of drug-likeness (QED) is 0.872. The second kappa shape index (κ2) is 7.28. The van der Waals surface area contributed by atoms with Crippen LogP contribution in [-0.4, -0.2) is 42.9 Å². The summed E-state index contributed by atoms with van der Waals surface area (Å²) in [4.78, 5) is 29.1. The average molecular weight is 329 g/mol. The molecular weight excluding hydrogens is 310 g/mol. The Bertz CT molecular complexity index is 650. The minimum atomic E-state index is -0.522. The third-order valence-corrected chi connectivity index (χ3v) is 4.76. The van der Waals surface area contributed by atoms with Gasteiger partial charge in [0.2, 0.25) is 0 Å². The minimum absolute atomic E-state index is 0.409. The van der Waals surface area contributed by atoms with Gasteiger partial charge in [0, 0.05) is 36.7 Å². The van der Waals surface area contributed by atoms with Gasteiger partial charge in [0.05, 0.1) is 6.54 Å². The van der Waals surface area contributed by atoms with Gasteiger partial charge in [-0.1, -0.05) is 24.3 Å². The molecule has 0 saturated carbocycles. The Labute approximate surface area is 139 Å². The van der Waals surface area contributed by atoms with Crippen molar-refractivity contribution in [2.45, 2.75) is 6.54 Å². The summed E-state index contributed by atoms with van der Waals surface area (Å²) in [6, 6.07) is 14.0. The molecule has 1 saturated heterocycles. The van der Waals surface area contributed by atoms with Crippen LogP contribution in [0.4, 0.5) is 5.69 Å². The molecule has 1 aliphatic heterocycles. The number of carbonyl (C=O) groups excluding carboxylic acids is 2. The van der Waals surface area contributed by atoms with Crippen molar-refractivity contribution in [3.05, 3.63) is 52.7 Å². The van der Waals surface area contributed by atoms with E-state index in [0.29, 0.717) is 19.6 Å². The monoisotopic (exact) mass is 329 g/mol. The van der Waals surface area contributed by atoms with E-state index in [1.54, 1.807) is 16.2 Å². The third kappa shape index (κ3) is 3.90. The first-order valence-electron chi connectivity index (χ1n) is 7.63. The number of nitrogens with zero attached hydrogens (tertiary/aromatic N) is 2. The maximum Gasteiger partial charge on any atom is 0.312 e. The van der Waals surface area contributed by atoms with Crippen molar-refractivity contribution in [2.75, 3.05) is 31.1 Å². The number of rotatable bonds is 3. The van der Waals surface area contributed by atoms with Crippen molar-refractivity contribution in [3.8, 4) is 0 Å². The van der Waals surface area contributed by atoms with Crippen LogP contribution in [0.3, 0.4) is 0 Å². The normalized spacial score (nSPS) is 14.6. The fourth-order valence-corrected chi connectivity index (χ4v) is 3.25. The van der Waals surface area contributed by atoms with Crippen LogP contribution >= 0.6 is 11.3 Å². The number of anilines is 1. The highest BCUT2D eigenvalue weighted by Crippen LogP contribution is 2.15. The van der Waals surface area contributed by atoms with E-state index in [-0.39, 0.29) is 0 Å². The largest absolute Gasteiger partial charge is 0.368 e. The first-order valence-corrected chi connectivity index (χ1v) is 8.51. The fourth-order valence-electron chi connectivity index (χ4n) is 2.61. The number of carbonyl (C=O) groups is 2. The molecule has 1 fully saturated rings. The molecule has 1 N–H and O–H groups in total. The van der Waals surface area contributed by atoms with E-state index in [9.17, 15) is 9.59 Å². The summed E-state index contributed by atoms with van der Waals surface area (Å²) in [5.74, 6) is -0.958. The summed E-state index contributed by atoms with van der Waals surface area (Å²) in [6.45, 7) is 3.04. The van der Waals surface area contributed by atoms with Gasteiger partial charge >= 0.3 is 11.8 Å². The molecule has 23 heavy (non-hydrogen) atoms. The minimum Gasteiger partial charge on any atom is -0.368 e. The Morgan fingerprint density at radius 1 is 1.00 bits per heavy atom. The van der Waals surface area contributed by atoms with Crippen molar-refractivity contribution in [1.29, 1.82) is 0 Å². The summed E-state index contributed by atoms with van der Waals surface area (Å²) in [6.07, 6.45) is 0. The molecule has 2 heterocycles. The van der Waals surface area contributed by atoms with Crippen LogP contribution in [0.1, 0.15) is 4.88 Å². The third-order valence-electron chi connectivity index (χ3n) is 3.89.